The lowest BCUT2D eigenvalue weighted by atomic mass is 10.0. The highest BCUT2D eigenvalue weighted by Gasteiger charge is 2.24. The van der Waals surface area contributed by atoms with Crippen LogP contribution in [0.25, 0.3) is 0 Å². The molecule has 2 unspecified atom stereocenters. The van der Waals surface area contributed by atoms with E-state index in [4.69, 9.17) is 9.73 Å². The molecule has 0 radical (unpaired) electrons. The Labute approximate surface area is 191 Å². The molecule has 0 amide bonds. The molecule has 8 heteroatoms. The number of likely N-dealkylation sites (tertiary alicyclic amines) is 1. The summed E-state index contributed by atoms with van der Waals surface area (Å²) in [5.74, 6) is 2.61. The van der Waals surface area contributed by atoms with Crippen molar-refractivity contribution in [2.75, 3.05) is 26.2 Å². The Morgan fingerprint density at radius 1 is 1.19 bits per heavy atom. The monoisotopic (exact) mass is 439 g/mol. The number of aromatic nitrogens is 3. The molecule has 32 heavy (non-hydrogen) atoms. The summed E-state index contributed by atoms with van der Waals surface area (Å²) in [5, 5.41) is 15.6. The van der Waals surface area contributed by atoms with E-state index < -0.39 is 0 Å². The lowest BCUT2D eigenvalue weighted by molar-refractivity contribution is 0.113. The van der Waals surface area contributed by atoms with E-state index >= 15 is 0 Å². The normalized spacial score (nSPS) is 21.6. The van der Waals surface area contributed by atoms with E-state index in [1.807, 2.05) is 18.5 Å². The van der Waals surface area contributed by atoms with Crippen molar-refractivity contribution in [2.45, 2.75) is 64.3 Å². The van der Waals surface area contributed by atoms with Crippen molar-refractivity contribution >= 4 is 5.96 Å². The molecule has 0 spiro atoms. The molecule has 2 atom stereocenters. The van der Waals surface area contributed by atoms with E-state index in [1.165, 1.54) is 5.56 Å². The topological polar surface area (TPSA) is 79.6 Å². The van der Waals surface area contributed by atoms with Crippen molar-refractivity contribution in [2.24, 2.45) is 12.0 Å². The number of hydrogen-bond acceptors (Lipinski definition) is 5. The van der Waals surface area contributed by atoms with Crippen LogP contribution in [0.5, 0.6) is 0 Å². The third-order valence-corrected chi connectivity index (χ3v) is 6.78. The number of piperidine rings is 1. The summed E-state index contributed by atoms with van der Waals surface area (Å²) in [6.07, 6.45) is 4.72. The molecule has 1 aromatic heterocycles. The van der Waals surface area contributed by atoms with Crippen molar-refractivity contribution in [1.82, 2.24) is 30.3 Å². The quantitative estimate of drug-likeness (QED) is 0.510. The number of guanidine groups is 1. The highest BCUT2D eigenvalue weighted by Crippen LogP contribution is 2.24. The van der Waals surface area contributed by atoms with Crippen LogP contribution >= 0.6 is 0 Å². The van der Waals surface area contributed by atoms with Crippen molar-refractivity contribution in [3.05, 3.63) is 47.5 Å². The average Bonchev–Trinajstić information content (AvgIpc) is 3.46. The Morgan fingerprint density at radius 2 is 1.97 bits per heavy atom. The van der Waals surface area contributed by atoms with Crippen LogP contribution in [0.2, 0.25) is 0 Å². The summed E-state index contributed by atoms with van der Waals surface area (Å²) in [7, 11) is 1.98. The second kappa shape index (κ2) is 10.9. The number of hydrogen-bond donors (Lipinski definition) is 2. The molecular weight excluding hydrogens is 402 g/mol. The fraction of sp³-hybridized carbons (Fsp3) is 0.625. The van der Waals surface area contributed by atoms with E-state index in [0.717, 1.165) is 69.5 Å². The maximum absolute atomic E-state index is 5.78. The lowest BCUT2D eigenvalue weighted by Gasteiger charge is -2.37. The maximum atomic E-state index is 5.78. The predicted octanol–water partition coefficient (Wildman–Crippen LogP) is 2.56. The van der Waals surface area contributed by atoms with Gasteiger partial charge in [-0.2, -0.15) is 0 Å². The summed E-state index contributed by atoms with van der Waals surface area (Å²) < 4.78 is 7.77. The lowest BCUT2D eigenvalue weighted by Crippen LogP contribution is -2.50. The second-order valence-electron chi connectivity index (χ2n) is 8.94. The minimum absolute atomic E-state index is 0.271. The van der Waals surface area contributed by atoms with Crippen molar-refractivity contribution in [1.29, 1.82) is 0 Å². The first kappa shape index (κ1) is 22.7. The molecular formula is C24H37N7O. The van der Waals surface area contributed by atoms with Gasteiger partial charge in [0, 0.05) is 45.4 Å². The number of nitrogens with zero attached hydrogens (tertiary/aromatic N) is 5. The molecule has 2 N–H and O–H groups in total. The van der Waals surface area contributed by atoms with Gasteiger partial charge in [0.15, 0.2) is 11.8 Å². The van der Waals surface area contributed by atoms with Crippen LogP contribution in [-0.4, -0.2) is 64.0 Å². The Balaban J connectivity index is 1.34. The fourth-order valence-electron chi connectivity index (χ4n) is 4.47. The zero-order chi connectivity index (χ0) is 22.3. The van der Waals surface area contributed by atoms with E-state index in [9.17, 15) is 0 Å². The van der Waals surface area contributed by atoms with E-state index in [-0.39, 0.29) is 6.10 Å². The Morgan fingerprint density at radius 3 is 2.62 bits per heavy atom. The molecule has 1 aromatic carbocycles. The Hall–Kier alpha value is -2.45. The molecule has 2 fully saturated rings. The molecule has 174 valence electrons. The maximum Gasteiger partial charge on any atom is 0.192 e. The smallest absolute Gasteiger partial charge is 0.192 e. The number of aliphatic imine (C=N–C) groups is 1. The molecule has 8 nitrogen and oxygen atoms in total. The van der Waals surface area contributed by atoms with Crippen molar-refractivity contribution in [3.8, 4) is 0 Å². The third kappa shape index (κ3) is 5.86. The van der Waals surface area contributed by atoms with Gasteiger partial charge in [-0.1, -0.05) is 30.3 Å². The molecule has 2 saturated heterocycles. The molecule has 4 rings (SSSR count). The average molecular weight is 440 g/mol. The number of aryl methyl sites for hydroxylation is 1. The van der Waals surface area contributed by atoms with E-state index in [2.05, 4.69) is 63.0 Å². The summed E-state index contributed by atoms with van der Waals surface area (Å²) in [6.45, 7) is 8.57. The number of ether oxygens (including phenoxy) is 1. The number of rotatable bonds is 7. The zero-order valence-corrected chi connectivity index (χ0v) is 19.6. The van der Waals surface area contributed by atoms with Gasteiger partial charge in [0.25, 0.3) is 0 Å². The summed E-state index contributed by atoms with van der Waals surface area (Å²) >= 11 is 0. The van der Waals surface area contributed by atoms with Gasteiger partial charge in [0.05, 0.1) is 6.10 Å². The van der Waals surface area contributed by atoms with Crippen molar-refractivity contribution < 1.29 is 4.74 Å². The SMILES string of the molecule is Cc1nnc(CN=C(NCC2CCCO2)NC2CCN(C(C)c3ccccc3)CC2)n1C. The number of nitrogens with one attached hydrogen (secondary N) is 2. The van der Waals surface area contributed by atoms with E-state index in [0.29, 0.717) is 18.6 Å². The largest absolute Gasteiger partial charge is 0.376 e. The number of benzene rings is 1. The van der Waals surface area contributed by atoms with Gasteiger partial charge >= 0.3 is 0 Å². The summed E-state index contributed by atoms with van der Waals surface area (Å²) in [6, 6.07) is 11.6. The molecule has 0 aliphatic carbocycles. The van der Waals surface area contributed by atoms with Crippen LogP contribution in [0.4, 0.5) is 0 Å². The van der Waals surface area contributed by atoms with Gasteiger partial charge in [-0.3, -0.25) is 4.90 Å². The summed E-state index contributed by atoms with van der Waals surface area (Å²) in [5.41, 5.74) is 1.39. The Bertz CT molecular complexity index is 868. The fourth-order valence-corrected chi connectivity index (χ4v) is 4.47. The highest BCUT2D eigenvalue weighted by molar-refractivity contribution is 5.80. The van der Waals surface area contributed by atoms with Crippen LogP contribution in [0.1, 0.15) is 55.9 Å². The van der Waals surface area contributed by atoms with Gasteiger partial charge in [-0.25, -0.2) is 4.99 Å². The zero-order valence-electron chi connectivity index (χ0n) is 19.6. The standard InChI is InChI=1S/C24H37N7O/c1-18(20-8-5-4-6-9-20)31-13-11-21(12-14-31)27-24(25-16-22-10-7-15-32-22)26-17-23-29-28-19(2)30(23)3/h4-6,8-9,18,21-22H,7,10-17H2,1-3H3,(H2,25,26,27). The van der Waals surface area contributed by atoms with E-state index in [1.54, 1.807) is 0 Å². The molecule has 3 heterocycles. The van der Waals surface area contributed by atoms with Gasteiger partial charge in [-0.15, -0.1) is 10.2 Å². The van der Waals surface area contributed by atoms with Crippen LogP contribution in [0, 0.1) is 6.92 Å². The highest BCUT2D eigenvalue weighted by atomic mass is 16.5. The van der Waals surface area contributed by atoms with Gasteiger partial charge in [0.2, 0.25) is 0 Å². The van der Waals surface area contributed by atoms with Crippen molar-refractivity contribution in [3.63, 3.8) is 0 Å². The third-order valence-electron chi connectivity index (χ3n) is 6.78. The van der Waals surface area contributed by atoms with Crippen LogP contribution in [0.15, 0.2) is 35.3 Å². The first-order valence-electron chi connectivity index (χ1n) is 11.9. The molecule has 2 aliphatic rings. The minimum atomic E-state index is 0.271. The minimum Gasteiger partial charge on any atom is -0.376 e. The Kier molecular flexibility index (Phi) is 7.76. The van der Waals surface area contributed by atoms with Crippen LogP contribution < -0.4 is 10.6 Å². The van der Waals surface area contributed by atoms with Crippen LogP contribution in [0.3, 0.4) is 0 Å². The predicted molar refractivity (Wildman–Crippen MR) is 126 cm³/mol. The van der Waals surface area contributed by atoms with Gasteiger partial charge in [-0.05, 0) is 45.1 Å². The molecule has 2 aliphatic heterocycles. The second-order valence-corrected chi connectivity index (χ2v) is 8.94. The van der Waals surface area contributed by atoms with Gasteiger partial charge < -0.3 is 19.9 Å². The first-order chi connectivity index (χ1) is 15.6. The molecule has 2 aromatic rings. The van der Waals surface area contributed by atoms with Gasteiger partial charge in [0.1, 0.15) is 12.4 Å². The molecule has 0 saturated carbocycles. The summed E-state index contributed by atoms with van der Waals surface area (Å²) in [4.78, 5) is 7.40. The molecule has 0 bridgehead atoms. The first-order valence-corrected chi connectivity index (χ1v) is 11.9. The van der Waals surface area contributed by atoms with Crippen LogP contribution in [-0.2, 0) is 18.3 Å².